The molecule has 4 rings (SSSR count). The Balaban J connectivity index is 1.33. The average molecular weight is 377 g/mol. The first-order chi connectivity index (χ1) is 13.7. The van der Waals surface area contributed by atoms with Gasteiger partial charge in [-0.3, -0.25) is 9.79 Å². The van der Waals surface area contributed by atoms with E-state index in [2.05, 4.69) is 57.7 Å². The highest BCUT2D eigenvalue weighted by atomic mass is 16.2. The van der Waals surface area contributed by atoms with Gasteiger partial charge in [-0.1, -0.05) is 42.5 Å². The summed E-state index contributed by atoms with van der Waals surface area (Å²) in [5.74, 6) is 1.75. The number of hydrogen-bond donors (Lipinski definition) is 1. The summed E-state index contributed by atoms with van der Waals surface area (Å²) < 4.78 is 0. The number of nitrogens with zero attached hydrogens (tertiary/aromatic N) is 3. The van der Waals surface area contributed by atoms with Crippen molar-refractivity contribution >= 4 is 17.6 Å². The Morgan fingerprint density at radius 3 is 2.57 bits per heavy atom. The van der Waals surface area contributed by atoms with E-state index in [4.69, 9.17) is 0 Å². The molecule has 0 saturated carbocycles. The molecular weight excluding hydrogens is 348 g/mol. The lowest BCUT2D eigenvalue weighted by molar-refractivity contribution is -0.117. The van der Waals surface area contributed by atoms with E-state index in [0.717, 1.165) is 50.7 Å². The maximum atomic E-state index is 11.9. The molecule has 0 aliphatic carbocycles. The minimum atomic E-state index is 0.230. The van der Waals surface area contributed by atoms with Crippen LogP contribution in [-0.4, -0.2) is 43.4 Å². The highest BCUT2D eigenvalue weighted by molar-refractivity contribution is 5.95. The van der Waals surface area contributed by atoms with Gasteiger partial charge in [-0.25, -0.2) is 0 Å². The summed E-state index contributed by atoms with van der Waals surface area (Å²) in [5.41, 5.74) is 3.60. The monoisotopic (exact) mass is 376 g/mol. The van der Waals surface area contributed by atoms with Gasteiger partial charge in [-0.05, 0) is 36.1 Å². The Hall–Kier alpha value is -2.82. The standard InChI is InChI=1S/C23H28N4O/c1-24-23(26-15-13-20(17-26)19-6-3-2-4-7-19)25-16-18-9-11-21(12-10-18)27-14-5-8-22(27)28/h2-4,6-7,9-12,20H,5,8,13-17H2,1H3,(H,24,25). The number of amides is 1. The van der Waals surface area contributed by atoms with Crippen LogP contribution in [-0.2, 0) is 11.3 Å². The molecule has 2 aliphatic heterocycles. The van der Waals surface area contributed by atoms with Crippen LogP contribution in [0.25, 0.3) is 0 Å². The van der Waals surface area contributed by atoms with Gasteiger partial charge in [-0.15, -0.1) is 0 Å². The molecule has 28 heavy (non-hydrogen) atoms. The molecule has 2 heterocycles. The largest absolute Gasteiger partial charge is 0.352 e. The van der Waals surface area contributed by atoms with E-state index in [0.29, 0.717) is 12.3 Å². The number of carbonyl (C=O) groups is 1. The molecule has 1 N–H and O–H groups in total. The number of benzene rings is 2. The number of carbonyl (C=O) groups excluding carboxylic acids is 1. The zero-order chi connectivity index (χ0) is 19.3. The lowest BCUT2D eigenvalue weighted by Crippen LogP contribution is -2.39. The molecule has 2 saturated heterocycles. The first-order valence-electron chi connectivity index (χ1n) is 10.1. The minimum absolute atomic E-state index is 0.230. The van der Waals surface area contributed by atoms with Gasteiger partial charge in [0.1, 0.15) is 0 Å². The van der Waals surface area contributed by atoms with Gasteiger partial charge in [0.2, 0.25) is 5.91 Å². The highest BCUT2D eigenvalue weighted by Gasteiger charge is 2.26. The zero-order valence-electron chi connectivity index (χ0n) is 16.5. The topological polar surface area (TPSA) is 47.9 Å². The first kappa shape index (κ1) is 18.5. The highest BCUT2D eigenvalue weighted by Crippen LogP contribution is 2.27. The molecule has 1 amide bonds. The number of nitrogens with one attached hydrogen (secondary N) is 1. The summed E-state index contributed by atoms with van der Waals surface area (Å²) in [6.45, 7) is 3.59. The van der Waals surface area contributed by atoms with Gasteiger partial charge in [-0.2, -0.15) is 0 Å². The van der Waals surface area contributed by atoms with Crippen molar-refractivity contribution in [1.82, 2.24) is 10.2 Å². The van der Waals surface area contributed by atoms with E-state index in [9.17, 15) is 4.79 Å². The molecule has 146 valence electrons. The molecule has 2 fully saturated rings. The summed E-state index contributed by atoms with van der Waals surface area (Å²) in [7, 11) is 1.85. The second-order valence-electron chi connectivity index (χ2n) is 7.56. The molecule has 1 atom stereocenters. The Labute approximate surface area is 167 Å². The Bertz CT molecular complexity index is 831. The van der Waals surface area contributed by atoms with Crippen LogP contribution in [0, 0.1) is 0 Å². The quantitative estimate of drug-likeness (QED) is 0.657. The average Bonchev–Trinajstić information content (AvgIpc) is 3.39. The van der Waals surface area contributed by atoms with Gasteiger partial charge in [0.25, 0.3) is 0 Å². The minimum Gasteiger partial charge on any atom is -0.352 e. The van der Waals surface area contributed by atoms with Crippen LogP contribution < -0.4 is 10.2 Å². The summed E-state index contributed by atoms with van der Waals surface area (Å²) in [5, 5.41) is 3.49. The van der Waals surface area contributed by atoms with Crippen molar-refractivity contribution < 1.29 is 4.79 Å². The van der Waals surface area contributed by atoms with Crippen molar-refractivity contribution in [2.75, 3.05) is 31.6 Å². The second kappa shape index (κ2) is 8.46. The van der Waals surface area contributed by atoms with Crippen LogP contribution >= 0.6 is 0 Å². The SMILES string of the molecule is CN=C(NCc1ccc(N2CCCC2=O)cc1)N1CCC(c2ccccc2)C1. The molecule has 0 bridgehead atoms. The Kier molecular flexibility index (Phi) is 5.60. The fourth-order valence-electron chi connectivity index (χ4n) is 4.18. The number of aliphatic imine (C=N–C) groups is 1. The predicted octanol–water partition coefficient (Wildman–Crippen LogP) is 3.38. The number of guanidine groups is 1. The van der Waals surface area contributed by atoms with Crippen LogP contribution in [0.4, 0.5) is 5.69 Å². The number of rotatable bonds is 4. The van der Waals surface area contributed by atoms with Crippen LogP contribution in [0.3, 0.4) is 0 Å². The van der Waals surface area contributed by atoms with E-state index < -0.39 is 0 Å². The van der Waals surface area contributed by atoms with E-state index in [1.54, 1.807) is 0 Å². The second-order valence-corrected chi connectivity index (χ2v) is 7.56. The molecule has 5 heteroatoms. The summed E-state index contributed by atoms with van der Waals surface area (Å²) in [4.78, 5) is 20.6. The number of hydrogen-bond acceptors (Lipinski definition) is 2. The van der Waals surface area contributed by atoms with E-state index >= 15 is 0 Å². The number of likely N-dealkylation sites (tertiary alicyclic amines) is 1. The van der Waals surface area contributed by atoms with Crippen molar-refractivity contribution in [1.29, 1.82) is 0 Å². The van der Waals surface area contributed by atoms with Crippen molar-refractivity contribution in [3.8, 4) is 0 Å². The van der Waals surface area contributed by atoms with Crippen LogP contribution in [0.2, 0.25) is 0 Å². The van der Waals surface area contributed by atoms with Crippen molar-refractivity contribution in [2.45, 2.75) is 31.7 Å². The molecule has 0 radical (unpaired) electrons. The van der Waals surface area contributed by atoms with Crippen molar-refractivity contribution in [3.63, 3.8) is 0 Å². The molecule has 0 aromatic heterocycles. The van der Waals surface area contributed by atoms with Gasteiger partial charge < -0.3 is 15.1 Å². The number of anilines is 1. The first-order valence-corrected chi connectivity index (χ1v) is 10.1. The third kappa shape index (κ3) is 4.03. The van der Waals surface area contributed by atoms with Gasteiger partial charge in [0, 0.05) is 51.3 Å². The summed E-state index contributed by atoms with van der Waals surface area (Å²) >= 11 is 0. The third-order valence-corrected chi connectivity index (χ3v) is 5.74. The van der Waals surface area contributed by atoms with Crippen LogP contribution in [0.15, 0.2) is 59.6 Å². The molecule has 0 spiro atoms. The Morgan fingerprint density at radius 2 is 1.89 bits per heavy atom. The normalized spacial score (nSPS) is 20.1. The van der Waals surface area contributed by atoms with Crippen LogP contribution in [0.5, 0.6) is 0 Å². The molecule has 5 nitrogen and oxygen atoms in total. The van der Waals surface area contributed by atoms with Gasteiger partial charge >= 0.3 is 0 Å². The molecule has 1 unspecified atom stereocenters. The molecule has 2 aromatic carbocycles. The fraction of sp³-hybridized carbons (Fsp3) is 0.391. The Morgan fingerprint density at radius 1 is 1.11 bits per heavy atom. The smallest absolute Gasteiger partial charge is 0.227 e. The van der Waals surface area contributed by atoms with Crippen LogP contribution in [0.1, 0.15) is 36.3 Å². The summed E-state index contributed by atoms with van der Waals surface area (Å²) in [6, 6.07) is 19.0. The van der Waals surface area contributed by atoms with Gasteiger partial charge in [0.05, 0.1) is 0 Å². The third-order valence-electron chi connectivity index (χ3n) is 5.74. The van der Waals surface area contributed by atoms with E-state index in [1.165, 1.54) is 11.1 Å². The lowest BCUT2D eigenvalue weighted by Gasteiger charge is -2.22. The van der Waals surface area contributed by atoms with E-state index in [1.807, 2.05) is 24.1 Å². The maximum Gasteiger partial charge on any atom is 0.227 e. The zero-order valence-corrected chi connectivity index (χ0v) is 16.5. The molecule has 2 aliphatic rings. The lowest BCUT2D eigenvalue weighted by atomic mass is 9.99. The van der Waals surface area contributed by atoms with Gasteiger partial charge in [0.15, 0.2) is 5.96 Å². The van der Waals surface area contributed by atoms with Crippen molar-refractivity contribution in [2.24, 2.45) is 4.99 Å². The fourth-order valence-corrected chi connectivity index (χ4v) is 4.18. The van der Waals surface area contributed by atoms with Crippen molar-refractivity contribution in [3.05, 3.63) is 65.7 Å². The van der Waals surface area contributed by atoms with E-state index in [-0.39, 0.29) is 5.91 Å². The summed E-state index contributed by atoms with van der Waals surface area (Å²) in [6.07, 6.45) is 2.78. The molecule has 2 aromatic rings. The molecular formula is C23H28N4O. The predicted molar refractivity (Wildman–Crippen MR) is 114 cm³/mol. The maximum absolute atomic E-state index is 11.9.